The Balaban J connectivity index is 1.42. The summed E-state index contributed by atoms with van der Waals surface area (Å²) in [4.78, 5) is 16.8. The Labute approximate surface area is 145 Å². The third-order valence-corrected chi connectivity index (χ3v) is 5.24. The van der Waals surface area contributed by atoms with Crippen molar-refractivity contribution < 1.29 is 9.53 Å². The Bertz CT molecular complexity index is 535. The van der Waals surface area contributed by atoms with Crippen molar-refractivity contribution in [2.45, 2.75) is 25.8 Å². The van der Waals surface area contributed by atoms with E-state index in [-0.39, 0.29) is 0 Å². The van der Waals surface area contributed by atoms with Gasteiger partial charge in [0.2, 0.25) is 5.91 Å². The van der Waals surface area contributed by atoms with E-state index in [0.717, 1.165) is 58.0 Å². The summed E-state index contributed by atoms with van der Waals surface area (Å²) < 4.78 is 5.43. The first kappa shape index (κ1) is 17.2. The summed E-state index contributed by atoms with van der Waals surface area (Å²) in [6, 6.07) is 8.17. The number of carbonyl (C=O) groups is 1. The molecule has 1 aromatic carbocycles. The van der Waals surface area contributed by atoms with Crippen LogP contribution in [0.4, 0.5) is 0 Å². The van der Waals surface area contributed by atoms with Crippen molar-refractivity contribution in [3.8, 4) is 5.75 Å². The van der Waals surface area contributed by atoms with E-state index in [1.807, 2.05) is 17.0 Å². The molecule has 24 heavy (non-hydrogen) atoms. The predicted octanol–water partition coefficient (Wildman–Crippen LogP) is 1.73. The summed E-state index contributed by atoms with van der Waals surface area (Å²) in [6.45, 7) is 6.65. The molecule has 0 radical (unpaired) electrons. The van der Waals surface area contributed by atoms with Crippen LogP contribution >= 0.6 is 0 Å². The topological polar surface area (TPSA) is 44.8 Å². The largest absolute Gasteiger partial charge is 0.496 e. The molecule has 1 aromatic rings. The standard InChI is InChI=1S/C19H29N3O2/c1-24-18-5-3-2-4-17(18)15-21-10-12-22(13-11-21)19(23)7-6-16-8-9-20-14-16/h2-5,16,20H,6-15H2,1H3. The second kappa shape index (κ2) is 8.49. The van der Waals surface area contributed by atoms with Crippen molar-refractivity contribution in [3.63, 3.8) is 0 Å². The molecule has 3 rings (SSSR count). The Morgan fingerprint density at radius 2 is 2.04 bits per heavy atom. The third-order valence-electron chi connectivity index (χ3n) is 5.24. The molecule has 1 N–H and O–H groups in total. The smallest absolute Gasteiger partial charge is 0.222 e. The van der Waals surface area contributed by atoms with E-state index in [2.05, 4.69) is 22.3 Å². The summed E-state index contributed by atoms with van der Waals surface area (Å²) in [5.41, 5.74) is 1.22. The van der Waals surface area contributed by atoms with Gasteiger partial charge in [0.1, 0.15) is 5.75 Å². The van der Waals surface area contributed by atoms with Gasteiger partial charge in [-0.2, -0.15) is 0 Å². The molecule has 0 aromatic heterocycles. The maximum atomic E-state index is 12.4. The summed E-state index contributed by atoms with van der Waals surface area (Å²) in [6.07, 6.45) is 2.96. The van der Waals surface area contributed by atoms with Crippen LogP contribution < -0.4 is 10.1 Å². The molecule has 0 spiro atoms. The molecular formula is C19H29N3O2. The number of nitrogens with one attached hydrogen (secondary N) is 1. The molecule has 2 aliphatic rings. The zero-order valence-corrected chi connectivity index (χ0v) is 14.7. The van der Waals surface area contributed by atoms with Gasteiger partial charge < -0.3 is 15.0 Å². The first-order chi connectivity index (χ1) is 11.8. The first-order valence-electron chi connectivity index (χ1n) is 9.09. The second-order valence-corrected chi connectivity index (χ2v) is 6.87. The van der Waals surface area contributed by atoms with E-state index < -0.39 is 0 Å². The van der Waals surface area contributed by atoms with Crippen molar-refractivity contribution in [3.05, 3.63) is 29.8 Å². The fraction of sp³-hybridized carbons (Fsp3) is 0.632. The van der Waals surface area contributed by atoms with Crippen molar-refractivity contribution in [1.29, 1.82) is 0 Å². The van der Waals surface area contributed by atoms with E-state index in [4.69, 9.17) is 4.74 Å². The third kappa shape index (κ3) is 4.48. The molecule has 1 amide bonds. The number of benzene rings is 1. The van der Waals surface area contributed by atoms with Gasteiger partial charge in [0.15, 0.2) is 0 Å². The van der Waals surface area contributed by atoms with Gasteiger partial charge in [-0.15, -0.1) is 0 Å². The number of piperazine rings is 1. The van der Waals surface area contributed by atoms with Crippen LogP contribution in [-0.2, 0) is 11.3 Å². The Hall–Kier alpha value is -1.59. The zero-order chi connectivity index (χ0) is 16.8. The number of rotatable bonds is 6. The lowest BCUT2D eigenvalue weighted by Gasteiger charge is -2.35. The van der Waals surface area contributed by atoms with E-state index >= 15 is 0 Å². The average molecular weight is 331 g/mol. The van der Waals surface area contributed by atoms with Crippen molar-refractivity contribution in [2.75, 3.05) is 46.4 Å². The van der Waals surface area contributed by atoms with Gasteiger partial charge >= 0.3 is 0 Å². The minimum atomic E-state index is 0.332. The van der Waals surface area contributed by atoms with Gasteiger partial charge in [-0.05, 0) is 37.9 Å². The van der Waals surface area contributed by atoms with Crippen LogP contribution in [0.3, 0.4) is 0 Å². The molecule has 132 valence electrons. The zero-order valence-electron chi connectivity index (χ0n) is 14.7. The number of hydrogen-bond donors (Lipinski definition) is 1. The number of hydrogen-bond acceptors (Lipinski definition) is 4. The van der Waals surface area contributed by atoms with Crippen LogP contribution in [-0.4, -0.2) is 62.1 Å². The quantitative estimate of drug-likeness (QED) is 0.862. The number of nitrogens with zero attached hydrogens (tertiary/aromatic N) is 2. The lowest BCUT2D eigenvalue weighted by atomic mass is 10.0. The summed E-state index contributed by atoms with van der Waals surface area (Å²) in [5.74, 6) is 1.97. The van der Waals surface area contributed by atoms with Crippen LogP contribution in [0.25, 0.3) is 0 Å². The summed E-state index contributed by atoms with van der Waals surface area (Å²) in [5, 5.41) is 3.37. The van der Waals surface area contributed by atoms with Crippen molar-refractivity contribution in [2.24, 2.45) is 5.92 Å². The highest BCUT2D eigenvalue weighted by Gasteiger charge is 2.23. The molecule has 1 atom stereocenters. The van der Waals surface area contributed by atoms with E-state index in [9.17, 15) is 4.79 Å². The first-order valence-corrected chi connectivity index (χ1v) is 9.09. The fourth-order valence-electron chi connectivity index (χ4n) is 3.68. The van der Waals surface area contributed by atoms with Gasteiger partial charge in [-0.1, -0.05) is 18.2 Å². The Morgan fingerprint density at radius 3 is 2.75 bits per heavy atom. The molecule has 5 nitrogen and oxygen atoms in total. The Morgan fingerprint density at radius 1 is 1.25 bits per heavy atom. The lowest BCUT2D eigenvalue weighted by molar-refractivity contribution is -0.133. The summed E-state index contributed by atoms with van der Waals surface area (Å²) in [7, 11) is 1.72. The lowest BCUT2D eigenvalue weighted by Crippen LogP contribution is -2.48. The normalized spacial score (nSPS) is 21.9. The van der Waals surface area contributed by atoms with Gasteiger partial charge in [-0.3, -0.25) is 9.69 Å². The molecule has 2 fully saturated rings. The van der Waals surface area contributed by atoms with Gasteiger partial charge in [0.05, 0.1) is 7.11 Å². The minimum absolute atomic E-state index is 0.332. The molecule has 0 aliphatic carbocycles. The monoisotopic (exact) mass is 331 g/mol. The second-order valence-electron chi connectivity index (χ2n) is 6.87. The summed E-state index contributed by atoms with van der Waals surface area (Å²) >= 11 is 0. The number of ether oxygens (including phenoxy) is 1. The maximum absolute atomic E-state index is 12.4. The highest BCUT2D eigenvalue weighted by atomic mass is 16.5. The Kier molecular flexibility index (Phi) is 6.10. The van der Waals surface area contributed by atoms with Gasteiger partial charge in [-0.25, -0.2) is 0 Å². The predicted molar refractivity (Wildman–Crippen MR) is 95.1 cm³/mol. The molecule has 0 bridgehead atoms. The number of para-hydroxylation sites is 1. The molecule has 2 saturated heterocycles. The van der Waals surface area contributed by atoms with E-state index in [1.54, 1.807) is 7.11 Å². The number of methoxy groups -OCH3 is 1. The van der Waals surface area contributed by atoms with Crippen LogP contribution in [0.5, 0.6) is 5.75 Å². The van der Waals surface area contributed by atoms with E-state index in [1.165, 1.54) is 12.0 Å². The van der Waals surface area contributed by atoms with Gasteiger partial charge in [0.25, 0.3) is 0 Å². The van der Waals surface area contributed by atoms with Crippen molar-refractivity contribution in [1.82, 2.24) is 15.1 Å². The van der Waals surface area contributed by atoms with Crippen LogP contribution in [0.15, 0.2) is 24.3 Å². The maximum Gasteiger partial charge on any atom is 0.222 e. The molecule has 1 unspecified atom stereocenters. The van der Waals surface area contributed by atoms with Gasteiger partial charge in [0, 0.05) is 44.7 Å². The molecular weight excluding hydrogens is 302 g/mol. The molecule has 2 aliphatic heterocycles. The SMILES string of the molecule is COc1ccccc1CN1CCN(C(=O)CCC2CCNC2)CC1. The van der Waals surface area contributed by atoms with Crippen LogP contribution in [0.2, 0.25) is 0 Å². The highest BCUT2D eigenvalue weighted by molar-refractivity contribution is 5.76. The van der Waals surface area contributed by atoms with Crippen LogP contribution in [0, 0.1) is 5.92 Å². The highest BCUT2D eigenvalue weighted by Crippen LogP contribution is 2.20. The molecule has 5 heteroatoms. The molecule has 2 heterocycles. The number of carbonyl (C=O) groups excluding carboxylic acids is 1. The minimum Gasteiger partial charge on any atom is -0.496 e. The van der Waals surface area contributed by atoms with Crippen molar-refractivity contribution >= 4 is 5.91 Å². The number of amides is 1. The van der Waals surface area contributed by atoms with Crippen LogP contribution in [0.1, 0.15) is 24.8 Å². The average Bonchev–Trinajstić information content (AvgIpc) is 3.14. The fourth-order valence-corrected chi connectivity index (χ4v) is 3.68. The molecule has 0 saturated carbocycles. The van der Waals surface area contributed by atoms with E-state index in [0.29, 0.717) is 18.2 Å².